The van der Waals surface area contributed by atoms with Gasteiger partial charge in [0.2, 0.25) is 0 Å². The van der Waals surface area contributed by atoms with E-state index in [2.05, 4.69) is 57.2 Å². The lowest BCUT2D eigenvalue weighted by atomic mass is 9.57. The molecule has 4 nitrogen and oxygen atoms in total. The van der Waals surface area contributed by atoms with Crippen molar-refractivity contribution in [2.75, 3.05) is 13.2 Å². The molecule has 6 heteroatoms. The molecule has 0 aliphatic carbocycles. The molecule has 0 spiro atoms. The molecule has 2 heterocycles. The summed E-state index contributed by atoms with van der Waals surface area (Å²) in [5.74, 6) is 0. The van der Waals surface area contributed by atoms with Crippen LogP contribution in [0.5, 0.6) is 0 Å². The molecule has 0 bridgehead atoms. The molecule has 0 radical (unpaired) electrons. The van der Waals surface area contributed by atoms with Crippen LogP contribution in [-0.4, -0.2) is 63.3 Å². The third kappa shape index (κ3) is 2.80. The Morgan fingerprint density at radius 1 is 0.800 bits per heavy atom. The Balaban J connectivity index is 2.19. The third-order valence-electron chi connectivity index (χ3n) is 4.28. The van der Waals surface area contributed by atoms with Gasteiger partial charge in [-0.15, -0.1) is 0 Å². The topological polar surface area (TPSA) is 36.9 Å². The summed E-state index contributed by atoms with van der Waals surface area (Å²) in [6.45, 7) is 13.5. The van der Waals surface area contributed by atoms with Gasteiger partial charge in [0.25, 0.3) is 0 Å². The summed E-state index contributed by atoms with van der Waals surface area (Å²) < 4.78 is 24.5. The van der Waals surface area contributed by atoms with Gasteiger partial charge < -0.3 is 18.9 Å². The summed E-state index contributed by atoms with van der Waals surface area (Å²) in [5.41, 5.74) is -1.35. The second kappa shape index (κ2) is 4.73. The molecule has 2 fully saturated rings. The predicted octanol–water partition coefficient (Wildman–Crippen LogP) is 0.0730. The lowest BCUT2D eigenvalue weighted by Gasteiger charge is -2.40. The molecule has 114 valence electrons. The number of hydrogen-bond donors (Lipinski definition) is 0. The zero-order valence-electron chi connectivity index (χ0n) is 14.2. The van der Waals surface area contributed by atoms with E-state index in [-0.39, 0.29) is 23.4 Å². The molecular formula is C14H28B2O4. The van der Waals surface area contributed by atoms with Crippen molar-refractivity contribution in [3.63, 3.8) is 0 Å². The first-order chi connectivity index (χ1) is 8.87. The second-order valence-corrected chi connectivity index (χ2v) is 8.27. The minimum atomic E-state index is -0.462. The molecule has 0 saturated carbocycles. The highest BCUT2D eigenvalue weighted by Gasteiger charge is 2.66. The Kier molecular flexibility index (Phi) is 3.87. The van der Waals surface area contributed by atoms with Crippen molar-refractivity contribution in [3.05, 3.63) is 0 Å². The maximum atomic E-state index is 6.15. The van der Waals surface area contributed by atoms with Gasteiger partial charge in [-0.25, -0.2) is 0 Å². The lowest BCUT2D eigenvalue weighted by molar-refractivity contribution is -0.125. The van der Waals surface area contributed by atoms with Gasteiger partial charge in [0.05, 0.1) is 35.4 Å². The van der Waals surface area contributed by atoms with Crippen LogP contribution in [0.1, 0.15) is 41.5 Å². The van der Waals surface area contributed by atoms with Crippen molar-refractivity contribution in [2.24, 2.45) is 0 Å². The van der Waals surface area contributed by atoms with Gasteiger partial charge in [-0.05, 0) is 41.5 Å². The first-order valence-corrected chi connectivity index (χ1v) is 7.51. The Morgan fingerprint density at radius 2 is 1.10 bits per heavy atom. The molecule has 2 saturated heterocycles. The SMILES string of the molecule is B[C@]12OC[C@H](OC(C)(C)C)[C@@]1(B)OCC2OC(C)(C)C. The van der Waals surface area contributed by atoms with Crippen LogP contribution in [0, 0.1) is 0 Å². The summed E-state index contributed by atoms with van der Waals surface area (Å²) in [6, 6.07) is 0. The second-order valence-electron chi connectivity index (χ2n) is 8.27. The van der Waals surface area contributed by atoms with Crippen molar-refractivity contribution < 1.29 is 18.9 Å². The Labute approximate surface area is 124 Å². The first kappa shape index (κ1) is 16.3. The monoisotopic (exact) mass is 282 g/mol. The maximum absolute atomic E-state index is 6.15. The highest BCUT2D eigenvalue weighted by Crippen LogP contribution is 2.46. The molecule has 1 unspecified atom stereocenters. The van der Waals surface area contributed by atoms with E-state index in [9.17, 15) is 0 Å². The molecule has 2 aliphatic rings. The van der Waals surface area contributed by atoms with E-state index in [1.54, 1.807) is 0 Å². The van der Waals surface area contributed by atoms with Gasteiger partial charge in [0.1, 0.15) is 27.9 Å². The third-order valence-corrected chi connectivity index (χ3v) is 4.28. The summed E-state index contributed by atoms with van der Waals surface area (Å²) in [5, 5.41) is 0. The van der Waals surface area contributed by atoms with Crippen LogP contribution in [0.2, 0.25) is 0 Å². The number of fused-ring (bicyclic) bond motifs is 1. The van der Waals surface area contributed by atoms with E-state index >= 15 is 0 Å². The molecule has 0 aromatic heterocycles. The number of rotatable bonds is 2. The molecule has 2 aliphatic heterocycles. The summed E-state index contributed by atoms with van der Waals surface area (Å²) in [4.78, 5) is 0. The Bertz CT molecular complexity index is 340. The Hall–Kier alpha value is -0.0301. The summed E-state index contributed by atoms with van der Waals surface area (Å²) in [6.07, 6.45) is -0.137. The van der Waals surface area contributed by atoms with Gasteiger partial charge >= 0.3 is 0 Å². The van der Waals surface area contributed by atoms with Crippen molar-refractivity contribution in [2.45, 2.75) is 76.0 Å². The van der Waals surface area contributed by atoms with Crippen LogP contribution >= 0.6 is 0 Å². The van der Waals surface area contributed by atoms with Gasteiger partial charge in [-0.1, -0.05) is 0 Å². The molecule has 0 amide bonds. The van der Waals surface area contributed by atoms with Crippen molar-refractivity contribution >= 4 is 15.7 Å². The normalized spacial score (nSPS) is 41.9. The van der Waals surface area contributed by atoms with Gasteiger partial charge in [-0.3, -0.25) is 0 Å². The maximum Gasteiger partial charge on any atom is 0.149 e. The van der Waals surface area contributed by atoms with E-state index in [1.807, 2.05) is 0 Å². The molecule has 0 aromatic rings. The van der Waals surface area contributed by atoms with Crippen LogP contribution in [0.3, 0.4) is 0 Å². The molecular weight excluding hydrogens is 254 g/mol. The molecule has 2 rings (SSSR count). The summed E-state index contributed by atoms with van der Waals surface area (Å²) in [7, 11) is 4.17. The van der Waals surface area contributed by atoms with Crippen molar-refractivity contribution in [1.29, 1.82) is 0 Å². The fraction of sp³-hybridized carbons (Fsp3) is 1.00. The van der Waals surface area contributed by atoms with Gasteiger partial charge in [0.15, 0.2) is 0 Å². The fourth-order valence-electron chi connectivity index (χ4n) is 3.07. The smallest absolute Gasteiger partial charge is 0.149 e. The lowest BCUT2D eigenvalue weighted by Crippen LogP contribution is -2.61. The summed E-state index contributed by atoms with van der Waals surface area (Å²) >= 11 is 0. The quantitative estimate of drug-likeness (QED) is 0.672. The van der Waals surface area contributed by atoms with Gasteiger partial charge in [-0.2, -0.15) is 0 Å². The molecule has 4 atom stereocenters. The minimum Gasteiger partial charge on any atom is -0.376 e. The highest BCUT2D eigenvalue weighted by atomic mass is 16.7. The number of ether oxygens (including phenoxy) is 4. The fourth-order valence-corrected chi connectivity index (χ4v) is 3.07. The standard InChI is InChI=1S/C14H28B2O4/c1-11(2,3)19-9-7-17-14(16)10(20-12(4,5)6)8-18-13(9,14)15/h9-10H,7-8,15-16H2,1-6H3/t9-,10?,13+,14+/m0/s1. The van der Waals surface area contributed by atoms with E-state index in [0.29, 0.717) is 13.2 Å². The number of hydrogen-bond acceptors (Lipinski definition) is 4. The zero-order valence-corrected chi connectivity index (χ0v) is 14.2. The van der Waals surface area contributed by atoms with Crippen LogP contribution in [0.4, 0.5) is 0 Å². The van der Waals surface area contributed by atoms with Crippen molar-refractivity contribution in [1.82, 2.24) is 0 Å². The van der Waals surface area contributed by atoms with Crippen LogP contribution < -0.4 is 0 Å². The zero-order chi connectivity index (χ0) is 15.4. The van der Waals surface area contributed by atoms with Crippen LogP contribution in [0.15, 0.2) is 0 Å². The van der Waals surface area contributed by atoms with Crippen LogP contribution in [-0.2, 0) is 18.9 Å². The Morgan fingerprint density at radius 3 is 1.35 bits per heavy atom. The molecule has 0 N–H and O–H groups in total. The minimum absolute atomic E-state index is 0.0685. The van der Waals surface area contributed by atoms with E-state index in [0.717, 1.165) is 0 Å². The average Bonchev–Trinajstić information content (AvgIpc) is 2.60. The van der Waals surface area contributed by atoms with E-state index in [1.165, 1.54) is 0 Å². The predicted molar refractivity (Wildman–Crippen MR) is 83.7 cm³/mol. The van der Waals surface area contributed by atoms with Gasteiger partial charge in [0, 0.05) is 0 Å². The van der Waals surface area contributed by atoms with E-state index < -0.39 is 11.0 Å². The first-order valence-electron chi connectivity index (χ1n) is 7.51. The molecule has 20 heavy (non-hydrogen) atoms. The van der Waals surface area contributed by atoms with Crippen molar-refractivity contribution in [3.8, 4) is 0 Å². The van der Waals surface area contributed by atoms with Crippen LogP contribution in [0.25, 0.3) is 0 Å². The largest absolute Gasteiger partial charge is 0.376 e. The van der Waals surface area contributed by atoms with E-state index in [4.69, 9.17) is 18.9 Å². The average molecular weight is 282 g/mol. The molecule has 0 aromatic carbocycles. The highest BCUT2D eigenvalue weighted by molar-refractivity contribution is 6.27.